The number of aryl methyl sites for hydroxylation is 1. The summed E-state index contributed by atoms with van der Waals surface area (Å²) in [6.07, 6.45) is 2.93. The minimum atomic E-state index is -0.230. The Kier molecular flexibility index (Phi) is 3.81. The molecule has 0 saturated carbocycles. The third-order valence-electron chi connectivity index (χ3n) is 4.02. The van der Waals surface area contributed by atoms with Crippen molar-refractivity contribution in [2.45, 2.75) is 24.8 Å². The fourth-order valence-electron chi connectivity index (χ4n) is 2.86. The molecule has 20 heavy (non-hydrogen) atoms. The van der Waals surface area contributed by atoms with Gasteiger partial charge in [-0.05, 0) is 48.2 Å². The molecule has 0 amide bonds. The van der Waals surface area contributed by atoms with Gasteiger partial charge in [0, 0.05) is 16.4 Å². The summed E-state index contributed by atoms with van der Waals surface area (Å²) in [5, 5.41) is 0. The molecule has 2 nitrogen and oxygen atoms in total. The zero-order chi connectivity index (χ0) is 14.0. The van der Waals surface area contributed by atoms with Crippen LogP contribution in [0.1, 0.15) is 24.0 Å². The molecule has 2 aromatic rings. The van der Waals surface area contributed by atoms with E-state index in [4.69, 9.17) is 10.5 Å². The largest absolute Gasteiger partial charge is 0.494 e. The van der Waals surface area contributed by atoms with Crippen molar-refractivity contribution >= 4 is 15.9 Å². The fraction of sp³-hybridized carbons (Fsp3) is 0.294. The van der Waals surface area contributed by atoms with Crippen LogP contribution >= 0.6 is 15.9 Å². The van der Waals surface area contributed by atoms with E-state index in [0.717, 1.165) is 29.5 Å². The highest BCUT2D eigenvalue weighted by Crippen LogP contribution is 2.37. The maximum Gasteiger partial charge on any atom is 0.119 e. The number of rotatable bonds is 4. The van der Waals surface area contributed by atoms with Crippen LogP contribution in [0.5, 0.6) is 5.75 Å². The fourth-order valence-corrected chi connectivity index (χ4v) is 3.12. The normalized spacial score (nSPS) is 20.7. The molecule has 0 radical (unpaired) electrons. The zero-order valence-electron chi connectivity index (χ0n) is 11.3. The monoisotopic (exact) mass is 331 g/mol. The average molecular weight is 332 g/mol. The van der Waals surface area contributed by atoms with Gasteiger partial charge in [-0.3, -0.25) is 0 Å². The van der Waals surface area contributed by atoms with Crippen molar-refractivity contribution in [1.29, 1.82) is 0 Å². The van der Waals surface area contributed by atoms with Crippen LogP contribution in [0.4, 0.5) is 0 Å². The van der Waals surface area contributed by atoms with Crippen LogP contribution in [-0.4, -0.2) is 6.61 Å². The molecule has 0 aromatic heterocycles. The van der Waals surface area contributed by atoms with Crippen molar-refractivity contribution in [2.24, 2.45) is 5.73 Å². The van der Waals surface area contributed by atoms with E-state index in [1.807, 2.05) is 24.3 Å². The van der Waals surface area contributed by atoms with Crippen LogP contribution in [-0.2, 0) is 12.0 Å². The van der Waals surface area contributed by atoms with E-state index >= 15 is 0 Å². The standard InChI is InChI=1S/C17H18BrNO/c18-14-5-7-15(8-6-14)20-12-11-17(19)10-9-13-3-1-2-4-16(13)17/h1-8H,9-12,19H2. The van der Waals surface area contributed by atoms with Gasteiger partial charge in [-0.2, -0.15) is 0 Å². The third kappa shape index (κ3) is 2.74. The molecule has 0 fully saturated rings. The Bertz CT molecular complexity index is 596. The van der Waals surface area contributed by atoms with Gasteiger partial charge in [-0.1, -0.05) is 40.2 Å². The second-order valence-electron chi connectivity index (χ2n) is 5.37. The molecular weight excluding hydrogens is 314 g/mol. The second-order valence-corrected chi connectivity index (χ2v) is 6.28. The van der Waals surface area contributed by atoms with Gasteiger partial charge in [0.2, 0.25) is 0 Å². The predicted molar refractivity (Wildman–Crippen MR) is 84.9 cm³/mol. The highest BCUT2D eigenvalue weighted by Gasteiger charge is 2.34. The van der Waals surface area contributed by atoms with Gasteiger partial charge in [-0.15, -0.1) is 0 Å². The van der Waals surface area contributed by atoms with Crippen LogP contribution in [0.2, 0.25) is 0 Å². The van der Waals surface area contributed by atoms with Crippen molar-refractivity contribution in [1.82, 2.24) is 0 Å². The molecule has 104 valence electrons. The Morgan fingerprint density at radius 1 is 1.10 bits per heavy atom. The Labute approximate surface area is 128 Å². The zero-order valence-corrected chi connectivity index (χ0v) is 12.9. The molecule has 3 rings (SSSR count). The number of halogens is 1. The number of fused-ring (bicyclic) bond motifs is 1. The minimum absolute atomic E-state index is 0.230. The maximum absolute atomic E-state index is 6.57. The molecule has 2 N–H and O–H groups in total. The van der Waals surface area contributed by atoms with Crippen molar-refractivity contribution < 1.29 is 4.74 Å². The Hall–Kier alpha value is -1.32. The molecule has 1 aliphatic carbocycles. The van der Waals surface area contributed by atoms with Crippen molar-refractivity contribution in [3.63, 3.8) is 0 Å². The number of ether oxygens (including phenoxy) is 1. The summed E-state index contributed by atoms with van der Waals surface area (Å²) in [7, 11) is 0. The van der Waals surface area contributed by atoms with Crippen LogP contribution < -0.4 is 10.5 Å². The quantitative estimate of drug-likeness (QED) is 0.918. The highest BCUT2D eigenvalue weighted by molar-refractivity contribution is 9.10. The lowest BCUT2D eigenvalue weighted by molar-refractivity contribution is 0.257. The Morgan fingerprint density at radius 2 is 1.85 bits per heavy atom. The van der Waals surface area contributed by atoms with E-state index in [2.05, 4.69) is 40.2 Å². The van der Waals surface area contributed by atoms with E-state index < -0.39 is 0 Å². The molecule has 3 heteroatoms. The number of hydrogen-bond acceptors (Lipinski definition) is 2. The van der Waals surface area contributed by atoms with Gasteiger partial charge < -0.3 is 10.5 Å². The van der Waals surface area contributed by atoms with Crippen molar-refractivity contribution in [3.8, 4) is 5.75 Å². The summed E-state index contributed by atoms with van der Waals surface area (Å²) in [6.45, 7) is 0.645. The second kappa shape index (κ2) is 5.58. The molecule has 1 atom stereocenters. The summed E-state index contributed by atoms with van der Waals surface area (Å²) in [5.41, 5.74) is 9.02. The average Bonchev–Trinajstić information content (AvgIpc) is 2.80. The van der Waals surface area contributed by atoms with Gasteiger partial charge in [0.15, 0.2) is 0 Å². The van der Waals surface area contributed by atoms with E-state index in [0.29, 0.717) is 6.61 Å². The summed E-state index contributed by atoms with van der Waals surface area (Å²) >= 11 is 3.42. The van der Waals surface area contributed by atoms with Crippen LogP contribution in [0, 0.1) is 0 Å². The first kappa shape index (κ1) is 13.7. The molecule has 0 bridgehead atoms. The van der Waals surface area contributed by atoms with E-state index in [1.165, 1.54) is 11.1 Å². The molecule has 1 unspecified atom stereocenters. The first-order valence-electron chi connectivity index (χ1n) is 6.93. The first-order chi connectivity index (χ1) is 9.67. The Balaban J connectivity index is 1.63. The van der Waals surface area contributed by atoms with Gasteiger partial charge in [-0.25, -0.2) is 0 Å². The summed E-state index contributed by atoms with van der Waals surface area (Å²) in [4.78, 5) is 0. The lowest BCUT2D eigenvalue weighted by Crippen LogP contribution is -2.35. The smallest absolute Gasteiger partial charge is 0.119 e. The molecular formula is C17H18BrNO. The summed E-state index contributed by atoms with van der Waals surface area (Å²) in [5.74, 6) is 0.892. The summed E-state index contributed by atoms with van der Waals surface area (Å²) in [6, 6.07) is 16.4. The molecule has 1 aliphatic rings. The van der Waals surface area contributed by atoms with Crippen molar-refractivity contribution in [2.75, 3.05) is 6.61 Å². The summed E-state index contributed by atoms with van der Waals surface area (Å²) < 4.78 is 6.86. The molecule has 0 aliphatic heterocycles. The number of nitrogens with two attached hydrogens (primary N) is 1. The lowest BCUT2D eigenvalue weighted by atomic mass is 9.90. The predicted octanol–water partition coefficient (Wildman–Crippen LogP) is 4.02. The van der Waals surface area contributed by atoms with Crippen LogP contribution in [0.3, 0.4) is 0 Å². The lowest BCUT2D eigenvalue weighted by Gasteiger charge is -2.25. The third-order valence-corrected chi connectivity index (χ3v) is 4.55. The Morgan fingerprint density at radius 3 is 2.65 bits per heavy atom. The molecule has 0 saturated heterocycles. The molecule has 0 heterocycles. The number of benzene rings is 2. The first-order valence-corrected chi connectivity index (χ1v) is 7.72. The van der Waals surface area contributed by atoms with Gasteiger partial charge in [0.05, 0.1) is 6.61 Å². The highest BCUT2D eigenvalue weighted by atomic mass is 79.9. The van der Waals surface area contributed by atoms with Gasteiger partial charge >= 0.3 is 0 Å². The van der Waals surface area contributed by atoms with Gasteiger partial charge in [0.25, 0.3) is 0 Å². The maximum atomic E-state index is 6.57. The minimum Gasteiger partial charge on any atom is -0.494 e. The van der Waals surface area contributed by atoms with Crippen LogP contribution in [0.15, 0.2) is 53.0 Å². The van der Waals surface area contributed by atoms with Crippen LogP contribution in [0.25, 0.3) is 0 Å². The number of hydrogen-bond donors (Lipinski definition) is 1. The van der Waals surface area contributed by atoms with E-state index in [1.54, 1.807) is 0 Å². The van der Waals surface area contributed by atoms with E-state index in [-0.39, 0.29) is 5.54 Å². The van der Waals surface area contributed by atoms with Gasteiger partial charge in [0.1, 0.15) is 5.75 Å². The molecule has 2 aromatic carbocycles. The molecule has 0 spiro atoms. The van der Waals surface area contributed by atoms with Crippen molar-refractivity contribution in [3.05, 3.63) is 64.1 Å². The SMILES string of the molecule is NC1(CCOc2ccc(Br)cc2)CCc2ccccc21. The topological polar surface area (TPSA) is 35.2 Å². The van der Waals surface area contributed by atoms with E-state index in [9.17, 15) is 0 Å².